The van der Waals surface area contributed by atoms with Gasteiger partial charge in [-0.3, -0.25) is 10.1 Å². The summed E-state index contributed by atoms with van der Waals surface area (Å²) in [5.74, 6) is 0. The van der Waals surface area contributed by atoms with Gasteiger partial charge in [-0.05, 0) is 35.2 Å². The molecule has 0 bridgehead atoms. The molecule has 1 aromatic heterocycles. The van der Waals surface area contributed by atoms with Gasteiger partial charge in [0.1, 0.15) is 16.5 Å². The monoisotopic (exact) mass is 374 g/mol. The van der Waals surface area contributed by atoms with Gasteiger partial charge in [0.15, 0.2) is 0 Å². The third-order valence-corrected chi connectivity index (χ3v) is 3.98. The second-order valence-corrected chi connectivity index (χ2v) is 5.82. The Labute approximate surface area is 134 Å². The molecule has 1 amide bonds. The number of aromatic nitrogens is 1. The first-order valence-corrected chi connectivity index (χ1v) is 7.42. The lowest BCUT2D eigenvalue weighted by Gasteiger charge is -2.35. The minimum Gasteiger partial charge on any atom is -0.465 e. The number of carboxylic acid groups (broad SMARTS) is 1. The number of aliphatic hydroxyl groups excluding tert-OH is 1. The van der Waals surface area contributed by atoms with Crippen molar-refractivity contribution in [2.45, 2.75) is 37.5 Å². The zero-order valence-electron chi connectivity index (χ0n) is 11.4. The van der Waals surface area contributed by atoms with Crippen LogP contribution in [0.3, 0.4) is 0 Å². The fourth-order valence-corrected chi connectivity index (χ4v) is 2.87. The van der Waals surface area contributed by atoms with Crippen molar-refractivity contribution in [1.82, 2.24) is 10.3 Å². The molecular formula is C12H15BrN4O5. The Morgan fingerprint density at radius 3 is 2.77 bits per heavy atom. The summed E-state index contributed by atoms with van der Waals surface area (Å²) in [6.45, 7) is 0. The molecule has 1 aliphatic rings. The fraction of sp³-hybridized carbons (Fsp3) is 0.500. The van der Waals surface area contributed by atoms with Gasteiger partial charge in [-0.25, -0.2) is 9.78 Å². The van der Waals surface area contributed by atoms with Crippen molar-refractivity contribution in [3.8, 4) is 0 Å². The number of amides is 1. The van der Waals surface area contributed by atoms with E-state index in [1.807, 2.05) is 0 Å². The SMILES string of the molecule is O=C(O)NC1CCCC(Nc2cc(Br)ncc2[N+](=O)[O-])C1O. The third-order valence-electron chi connectivity index (χ3n) is 3.55. The van der Waals surface area contributed by atoms with E-state index in [1.165, 1.54) is 6.07 Å². The summed E-state index contributed by atoms with van der Waals surface area (Å²) >= 11 is 3.14. The van der Waals surface area contributed by atoms with Gasteiger partial charge in [0.05, 0.1) is 23.1 Å². The molecule has 2 rings (SSSR count). The zero-order chi connectivity index (χ0) is 16.3. The Kier molecular flexibility index (Phi) is 5.14. The fourth-order valence-electron chi connectivity index (χ4n) is 2.54. The predicted molar refractivity (Wildman–Crippen MR) is 80.8 cm³/mol. The van der Waals surface area contributed by atoms with Crippen molar-refractivity contribution in [1.29, 1.82) is 0 Å². The van der Waals surface area contributed by atoms with Crippen LogP contribution in [0, 0.1) is 10.1 Å². The minimum absolute atomic E-state index is 0.205. The van der Waals surface area contributed by atoms with Crippen molar-refractivity contribution >= 4 is 33.4 Å². The minimum atomic E-state index is -1.21. The van der Waals surface area contributed by atoms with Gasteiger partial charge in [0.25, 0.3) is 0 Å². The van der Waals surface area contributed by atoms with E-state index in [2.05, 4.69) is 31.5 Å². The number of pyridine rings is 1. The number of nitrogens with one attached hydrogen (secondary N) is 2. The summed E-state index contributed by atoms with van der Waals surface area (Å²) in [6.07, 6.45) is 0.733. The van der Waals surface area contributed by atoms with E-state index in [1.54, 1.807) is 0 Å². The Hall–Kier alpha value is -1.94. The van der Waals surface area contributed by atoms with E-state index in [-0.39, 0.29) is 11.4 Å². The van der Waals surface area contributed by atoms with Gasteiger partial charge in [-0.15, -0.1) is 0 Å². The molecule has 4 N–H and O–H groups in total. The first-order valence-electron chi connectivity index (χ1n) is 6.62. The Balaban J connectivity index is 2.17. The molecule has 0 saturated heterocycles. The van der Waals surface area contributed by atoms with E-state index in [0.717, 1.165) is 6.20 Å². The number of aliphatic hydroxyl groups is 1. The molecule has 10 heteroatoms. The molecule has 0 spiro atoms. The van der Waals surface area contributed by atoms with Crippen LogP contribution in [-0.2, 0) is 0 Å². The van der Waals surface area contributed by atoms with Gasteiger partial charge in [-0.1, -0.05) is 0 Å². The van der Waals surface area contributed by atoms with Crippen molar-refractivity contribution < 1.29 is 19.9 Å². The quantitative estimate of drug-likeness (QED) is 0.357. The number of rotatable bonds is 4. The van der Waals surface area contributed by atoms with Crippen molar-refractivity contribution in [3.63, 3.8) is 0 Å². The average Bonchev–Trinajstić information content (AvgIpc) is 2.42. The molecule has 1 fully saturated rings. The smallest absolute Gasteiger partial charge is 0.404 e. The number of hydrogen-bond donors (Lipinski definition) is 4. The highest BCUT2D eigenvalue weighted by atomic mass is 79.9. The number of nitrogens with zero attached hydrogens (tertiary/aromatic N) is 2. The highest BCUT2D eigenvalue weighted by Crippen LogP contribution is 2.30. The molecule has 1 heterocycles. The molecule has 3 atom stereocenters. The second kappa shape index (κ2) is 6.88. The summed E-state index contributed by atoms with van der Waals surface area (Å²) in [4.78, 5) is 25.0. The third kappa shape index (κ3) is 3.83. The largest absolute Gasteiger partial charge is 0.465 e. The summed E-state index contributed by atoms with van der Waals surface area (Å²) in [7, 11) is 0. The Morgan fingerprint density at radius 2 is 2.14 bits per heavy atom. The van der Waals surface area contributed by atoms with E-state index >= 15 is 0 Å². The molecule has 0 aromatic carbocycles. The lowest BCUT2D eigenvalue weighted by molar-refractivity contribution is -0.384. The lowest BCUT2D eigenvalue weighted by atomic mass is 9.88. The molecule has 9 nitrogen and oxygen atoms in total. The van der Waals surface area contributed by atoms with Crippen LogP contribution in [0.4, 0.5) is 16.2 Å². The normalized spacial score (nSPS) is 24.5. The van der Waals surface area contributed by atoms with Gasteiger partial charge in [0, 0.05) is 6.07 Å². The van der Waals surface area contributed by atoms with Crippen LogP contribution in [0.25, 0.3) is 0 Å². The first-order chi connectivity index (χ1) is 10.4. The molecule has 1 aromatic rings. The van der Waals surface area contributed by atoms with Crippen molar-refractivity contribution in [2.24, 2.45) is 0 Å². The van der Waals surface area contributed by atoms with Gasteiger partial charge >= 0.3 is 11.8 Å². The highest BCUT2D eigenvalue weighted by Gasteiger charge is 2.34. The van der Waals surface area contributed by atoms with E-state index in [4.69, 9.17) is 5.11 Å². The number of nitro groups is 1. The summed E-state index contributed by atoms with van der Waals surface area (Å²) in [5.41, 5.74) is 0.0237. The van der Waals surface area contributed by atoms with E-state index in [9.17, 15) is 20.0 Å². The standard InChI is InChI=1S/C12H15BrN4O5/c13-10-4-8(9(5-14-10)17(21)22)15-6-2-1-3-7(11(6)18)16-12(19)20/h4-7,11,16,18H,1-3H2,(H,14,15)(H,19,20). The molecular weight excluding hydrogens is 360 g/mol. The van der Waals surface area contributed by atoms with Crippen LogP contribution in [-0.4, -0.2) is 44.4 Å². The molecule has 3 unspecified atom stereocenters. The zero-order valence-corrected chi connectivity index (χ0v) is 13.0. The van der Waals surface area contributed by atoms with Crippen molar-refractivity contribution in [3.05, 3.63) is 27.0 Å². The molecule has 120 valence electrons. The van der Waals surface area contributed by atoms with Crippen LogP contribution in [0.5, 0.6) is 0 Å². The maximum absolute atomic E-state index is 11.0. The van der Waals surface area contributed by atoms with Crippen LogP contribution in [0.15, 0.2) is 16.9 Å². The van der Waals surface area contributed by atoms with E-state index in [0.29, 0.717) is 23.9 Å². The van der Waals surface area contributed by atoms with Crippen molar-refractivity contribution in [2.75, 3.05) is 5.32 Å². The first kappa shape index (κ1) is 16.4. The topological polar surface area (TPSA) is 138 Å². The van der Waals surface area contributed by atoms with E-state index < -0.39 is 29.2 Å². The Bertz CT molecular complexity index is 585. The second-order valence-electron chi connectivity index (χ2n) is 5.01. The molecule has 0 aliphatic heterocycles. The van der Waals surface area contributed by atoms with Gasteiger partial charge in [0.2, 0.25) is 0 Å². The number of anilines is 1. The molecule has 1 aliphatic carbocycles. The Morgan fingerprint density at radius 1 is 1.45 bits per heavy atom. The predicted octanol–water partition coefficient (Wildman–Crippen LogP) is 1.71. The summed E-state index contributed by atoms with van der Waals surface area (Å²) in [6, 6.07) is 0.366. The summed E-state index contributed by atoms with van der Waals surface area (Å²) < 4.78 is 0.422. The summed E-state index contributed by atoms with van der Waals surface area (Å²) in [5, 5.41) is 35.2. The number of hydrogen-bond acceptors (Lipinski definition) is 6. The average molecular weight is 375 g/mol. The molecule has 22 heavy (non-hydrogen) atoms. The van der Waals surface area contributed by atoms with Crippen LogP contribution >= 0.6 is 15.9 Å². The van der Waals surface area contributed by atoms with Crippen LogP contribution in [0.2, 0.25) is 0 Å². The van der Waals surface area contributed by atoms with Crippen LogP contribution < -0.4 is 10.6 Å². The molecule has 0 radical (unpaired) electrons. The van der Waals surface area contributed by atoms with Gasteiger partial charge in [-0.2, -0.15) is 0 Å². The highest BCUT2D eigenvalue weighted by molar-refractivity contribution is 9.10. The number of carbonyl (C=O) groups is 1. The van der Waals surface area contributed by atoms with Gasteiger partial charge < -0.3 is 20.8 Å². The van der Waals surface area contributed by atoms with Crippen LogP contribution in [0.1, 0.15) is 19.3 Å². The lowest BCUT2D eigenvalue weighted by Crippen LogP contribution is -2.53. The molecule has 1 saturated carbocycles. The maximum atomic E-state index is 11.0. The number of halogens is 1. The maximum Gasteiger partial charge on any atom is 0.404 e.